The number of benzene rings is 1. The van der Waals surface area contributed by atoms with Crippen LogP contribution in [0.3, 0.4) is 0 Å². The second-order valence-corrected chi connectivity index (χ2v) is 5.56. The number of nitrogens with one attached hydrogen (secondary N) is 1. The molecule has 0 radical (unpaired) electrons. The normalized spacial score (nSPS) is 12.7. The van der Waals surface area contributed by atoms with Crippen LogP contribution in [0.5, 0.6) is 0 Å². The first-order valence-electron chi connectivity index (χ1n) is 5.19. The number of carboxylic acid groups (broad SMARTS) is 1. The van der Waals surface area contributed by atoms with Crippen LogP contribution in [-0.2, 0) is 14.8 Å². The average Bonchev–Trinajstić information content (AvgIpc) is 2.35. The van der Waals surface area contributed by atoms with Crippen LogP contribution >= 0.6 is 0 Å². The molecule has 0 aliphatic heterocycles. The van der Waals surface area contributed by atoms with Crippen molar-refractivity contribution in [3.63, 3.8) is 0 Å². The van der Waals surface area contributed by atoms with Gasteiger partial charge < -0.3 is 10.2 Å². The van der Waals surface area contributed by atoms with Crippen molar-refractivity contribution in [2.24, 2.45) is 0 Å². The molecular weight excluding hydrogens is 272 g/mol. The number of rotatable bonds is 5. The van der Waals surface area contributed by atoms with Gasteiger partial charge in [0.05, 0.1) is 16.5 Å². The molecule has 1 aromatic rings. The lowest BCUT2D eigenvalue weighted by atomic mass is 10.1. The predicted octanol–water partition coefficient (Wildman–Crippen LogP) is -0.410. The zero-order chi connectivity index (χ0) is 14.6. The number of aryl methyl sites for hydroxylation is 1. The fourth-order valence-corrected chi connectivity index (χ4v) is 2.41. The predicted molar refractivity (Wildman–Crippen MR) is 64.7 cm³/mol. The van der Waals surface area contributed by atoms with E-state index in [0.29, 0.717) is 11.1 Å². The van der Waals surface area contributed by atoms with E-state index in [0.717, 1.165) is 0 Å². The monoisotopic (exact) mass is 284 g/mol. The van der Waals surface area contributed by atoms with Crippen LogP contribution in [0.4, 0.5) is 0 Å². The summed E-state index contributed by atoms with van der Waals surface area (Å²) in [4.78, 5) is 10.3. The van der Waals surface area contributed by atoms with Gasteiger partial charge in [0.1, 0.15) is 0 Å². The molecule has 1 unspecified atom stereocenters. The van der Waals surface area contributed by atoms with Crippen molar-refractivity contribution in [2.45, 2.75) is 17.9 Å². The van der Waals surface area contributed by atoms with Crippen LogP contribution in [-0.4, -0.2) is 37.2 Å². The van der Waals surface area contributed by atoms with E-state index in [1.165, 1.54) is 18.2 Å². The third-order valence-corrected chi connectivity index (χ3v) is 3.80. The summed E-state index contributed by atoms with van der Waals surface area (Å²) in [5, 5.41) is 26.2. The Kier molecular flexibility index (Phi) is 4.61. The summed E-state index contributed by atoms with van der Waals surface area (Å²) in [5.41, 5.74) is 0.841. The maximum Gasteiger partial charge on any atom is 0.333 e. The number of aliphatic hydroxyl groups excluding tert-OH is 1. The molecule has 0 fully saturated rings. The minimum absolute atomic E-state index is 0.0958. The minimum atomic E-state index is -3.92. The molecule has 0 aliphatic carbocycles. The Morgan fingerprint density at radius 2 is 2.16 bits per heavy atom. The Hall–Kier alpha value is -1.95. The summed E-state index contributed by atoms with van der Waals surface area (Å²) >= 11 is 0. The molecule has 1 rings (SSSR count). The smallest absolute Gasteiger partial charge is 0.333 e. The largest absolute Gasteiger partial charge is 0.479 e. The molecule has 7 nitrogen and oxygen atoms in total. The number of nitriles is 1. The van der Waals surface area contributed by atoms with Gasteiger partial charge in [-0.05, 0) is 30.7 Å². The highest BCUT2D eigenvalue weighted by atomic mass is 32.2. The fourth-order valence-electron chi connectivity index (χ4n) is 1.29. The number of sulfonamides is 1. The van der Waals surface area contributed by atoms with Gasteiger partial charge in [-0.3, -0.25) is 0 Å². The Morgan fingerprint density at radius 3 is 2.63 bits per heavy atom. The number of carbonyl (C=O) groups is 1. The molecule has 0 spiro atoms. The third kappa shape index (κ3) is 3.75. The SMILES string of the molecule is Cc1cc(S(=O)(=O)NCC(O)C(=O)O)ccc1C#N. The van der Waals surface area contributed by atoms with Crippen molar-refractivity contribution in [1.82, 2.24) is 4.72 Å². The van der Waals surface area contributed by atoms with Crippen molar-refractivity contribution in [3.8, 4) is 6.07 Å². The molecule has 0 amide bonds. The van der Waals surface area contributed by atoms with Crippen molar-refractivity contribution in [1.29, 1.82) is 5.26 Å². The van der Waals surface area contributed by atoms with Crippen LogP contribution in [0, 0.1) is 18.3 Å². The van der Waals surface area contributed by atoms with E-state index in [1.54, 1.807) is 6.92 Å². The zero-order valence-corrected chi connectivity index (χ0v) is 10.8. The molecule has 3 N–H and O–H groups in total. The lowest BCUT2D eigenvalue weighted by Crippen LogP contribution is -2.36. The van der Waals surface area contributed by atoms with Gasteiger partial charge in [0.15, 0.2) is 6.10 Å². The van der Waals surface area contributed by atoms with E-state index < -0.39 is 28.6 Å². The minimum Gasteiger partial charge on any atom is -0.479 e. The first-order chi connectivity index (χ1) is 8.77. The maximum absolute atomic E-state index is 11.8. The van der Waals surface area contributed by atoms with Gasteiger partial charge in [0.25, 0.3) is 0 Å². The van der Waals surface area contributed by atoms with Crippen LogP contribution in [0.1, 0.15) is 11.1 Å². The highest BCUT2D eigenvalue weighted by Gasteiger charge is 2.19. The van der Waals surface area contributed by atoms with Crippen molar-refractivity contribution >= 4 is 16.0 Å². The van der Waals surface area contributed by atoms with Crippen LogP contribution in [0.25, 0.3) is 0 Å². The van der Waals surface area contributed by atoms with E-state index >= 15 is 0 Å². The summed E-state index contributed by atoms with van der Waals surface area (Å²) < 4.78 is 25.6. The summed E-state index contributed by atoms with van der Waals surface area (Å²) in [7, 11) is -3.92. The Morgan fingerprint density at radius 1 is 1.53 bits per heavy atom. The average molecular weight is 284 g/mol. The summed E-state index contributed by atoms with van der Waals surface area (Å²) in [6.45, 7) is 0.959. The van der Waals surface area contributed by atoms with E-state index in [9.17, 15) is 13.2 Å². The van der Waals surface area contributed by atoms with Crippen molar-refractivity contribution in [3.05, 3.63) is 29.3 Å². The topological polar surface area (TPSA) is 127 Å². The van der Waals surface area contributed by atoms with Gasteiger partial charge in [-0.1, -0.05) is 0 Å². The van der Waals surface area contributed by atoms with Crippen molar-refractivity contribution in [2.75, 3.05) is 6.54 Å². The summed E-state index contributed by atoms with van der Waals surface area (Å²) in [6.07, 6.45) is -1.81. The van der Waals surface area contributed by atoms with Crippen LogP contribution in [0.15, 0.2) is 23.1 Å². The highest BCUT2D eigenvalue weighted by Crippen LogP contribution is 2.14. The molecular formula is C11H12N2O5S. The number of hydrogen-bond acceptors (Lipinski definition) is 5. The molecule has 1 atom stereocenters. The number of aliphatic hydroxyl groups is 1. The number of hydrogen-bond donors (Lipinski definition) is 3. The molecule has 0 aliphatic rings. The number of aliphatic carboxylic acids is 1. The zero-order valence-electron chi connectivity index (χ0n) is 9.99. The lowest BCUT2D eigenvalue weighted by Gasteiger charge is -2.09. The molecule has 1 aromatic carbocycles. The quantitative estimate of drug-likeness (QED) is 0.674. The Balaban J connectivity index is 2.93. The van der Waals surface area contributed by atoms with Gasteiger partial charge in [0.2, 0.25) is 10.0 Å². The van der Waals surface area contributed by atoms with E-state index in [2.05, 4.69) is 0 Å². The molecule has 0 saturated carbocycles. The van der Waals surface area contributed by atoms with E-state index in [-0.39, 0.29) is 4.90 Å². The Labute approximate surface area is 110 Å². The molecule has 0 bridgehead atoms. The standard InChI is InChI=1S/C11H12N2O5S/c1-7-4-9(3-2-8(7)5-12)19(17,18)13-6-10(14)11(15)16/h2-4,10,13-14H,6H2,1H3,(H,15,16). The number of carboxylic acids is 1. The molecule has 0 saturated heterocycles. The second-order valence-electron chi connectivity index (χ2n) is 3.79. The molecule has 0 aromatic heterocycles. The molecule has 0 heterocycles. The van der Waals surface area contributed by atoms with Gasteiger partial charge in [-0.2, -0.15) is 5.26 Å². The highest BCUT2D eigenvalue weighted by molar-refractivity contribution is 7.89. The van der Waals surface area contributed by atoms with Gasteiger partial charge >= 0.3 is 5.97 Å². The fraction of sp³-hybridized carbons (Fsp3) is 0.273. The van der Waals surface area contributed by atoms with E-state index in [1.807, 2.05) is 10.8 Å². The van der Waals surface area contributed by atoms with Crippen molar-refractivity contribution < 1.29 is 23.4 Å². The summed E-state index contributed by atoms with van der Waals surface area (Å²) in [6, 6.07) is 5.80. The second kappa shape index (κ2) is 5.79. The molecule has 8 heteroatoms. The number of nitrogens with zero attached hydrogens (tertiary/aromatic N) is 1. The van der Waals surface area contributed by atoms with Crippen LogP contribution < -0.4 is 4.72 Å². The third-order valence-electron chi connectivity index (χ3n) is 2.38. The van der Waals surface area contributed by atoms with E-state index in [4.69, 9.17) is 15.5 Å². The maximum atomic E-state index is 11.8. The first kappa shape index (κ1) is 15.1. The Bertz CT molecular complexity index is 633. The van der Waals surface area contributed by atoms with Gasteiger partial charge in [-0.15, -0.1) is 0 Å². The molecule has 19 heavy (non-hydrogen) atoms. The van der Waals surface area contributed by atoms with Gasteiger partial charge in [-0.25, -0.2) is 17.9 Å². The lowest BCUT2D eigenvalue weighted by molar-refractivity contribution is -0.146. The summed E-state index contributed by atoms with van der Waals surface area (Å²) in [5.74, 6) is -1.52. The first-order valence-corrected chi connectivity index (χ1v) is 6.67. The van der Waals surface area contributed by atoms with Gasteiger partial charge in [0, 0.05) is 6.54 Å². The van der Waals surface area contributed by atoms with Crippen LogP contribution in [0.2, 0.25) is 0 Å². The molecule has 102 valence electrons.